The van der Waals surface area contributed by atoms with E-state index >= 15 is 0 Å². The fourth-order valence-electron chi connectivity index (χ4n) is 3.89. The largest absolute Gasteiger partial charge is 0.465 e. The van der Waals surface area contributed by atoms with Crippen molar-refractivity contribution >= 4 is 17.0 Å². The molecule has 1 saturated heterocycles. The van der Waals surface area contributed by atoms with Crippen LogP contribution in [0.4, 0.5) is 0 Å². The zero-order chi connectivity index (χ0) is 18.8. The summed E-state index contributed by atoms with van der Waals surface area (Å²) in [4.78, 5) is 21.5. The highest BCUT2D eigenvalue weighted by atomic mass is 16.5. The van der Waals surface area contributed by atoms with E-state index in [4.69, 9.17) is 4.74 Å². The summed E-state index contributed by atoms with van der Waals surface area (Å²) in [6.07, 6.45) is 2.96. The van der Waals surface area contributed by atoms with E-state index < -0.39 is 12.2 Å². The summed E-state index contributed by atoms with van der Waals surface area (Å²) >= 11 is 0. The summed E-state index contributed by atoms with van der Waals surface area (Å²) in [6, 6.07) is 13.9. The summed E-state index contributed by atoms with van der Waals surface area (Å²) in [5, 5.41) is 10.9. The Bertz CT molecular complexity index is 938. The van der Waals surface area contributed by atoms with E-state index in [1.54, 1.807) is 18.3 Å². The number of aromatic amines is 1. The molecule has 2 N–H and O–H groups in total. The lowest BCUT2D eigenvalue weighted by Crippen LogP contribution is -2.37. The maximum Gasteiger partial charge on any atom is 0.340 e. The molecule has 140 valence electrons. The summed E-state index contributed by atoms with van der Waals surface area (Å²) in [6.45, 7) is 1.62. The highest BCUT2D eigenvalue weighted by Crippen LogP contribution is 2.32. The first kappa shape index (κ1) is 17.7. The van der Waals surface area contributed by atoms with Crippen LogP contribution < -0.4 is 0 Å². The van der Waals surface area contributed by atoms with Crippen LogP contribution in [0, 0.1) is 0 Å². The zero-order valence-corrected chi connectivity index (χ0v) is 15.3. The second-order valence-corrected chi connectivity index (χ2v) is 6.95. The lowest BCUT2D eigenvalue weighted by molar-refractivity contribution is -0.0175. The van der Waals surface area contributed by atoms with Crippen molar-refractivity contribution in [3.05, 3.63) is 65.5 Å². The molecule has 1 fully saturated rings. The van der Waals surface area contributed by atoms with E-state index in [0.29, 0.717) is 28.2 Å². The average Bonchev–Trinajstić information content (AvgIpc) is 3.17. The average molecular weight is 365 g/mol. The lowest BCUT2D eigenvalue weighted by Gasteiger charge is -2.35. The third-order valence-electron chi connectivity index (χ3n) is 5.29. The van der Waals surface area contributed by atoms with Gasteiger partial charge in [-0.2, -0.15) is 0 Å². The van der Waals surface area contributed by atoms with Gasteiger partial charge >= 0.3 is 5.97 Å². The molecule has 4 rings (SSSR count). The van der Waals surface area contributed by atoms with E-state index in [9.17, 15) is 9.90 Å². The second kappa shape index (κ2) is 7.50. The maximum atomic E-state index is 12.0. The van der Waals surface area contributed by atoms with Gasteiger partial charge in [-0.3, -0.25) is 9.88 Å². The van der Waals surface area contributed by atoms with Crippen molar-refractivity contribution in [2.24, 2.45) is 0 Å². The Morgan fingerprint density at radius 2 is 2.15 bits per heavy atom. The number of carbonyl (C=O) groups excluding carboxylic acids is 1. The number of esters is 1. The molecule has 3 aromatic rings. The number of hydrogen-bond acceptors (Lipinski definition) is 5. The Kier molecular flexibility index (Phi) is 4.92. The van der Waals surface area contributed by atoms with Gasteiger partial charge in [0.05, 0.1) is 29.4 Å². The minimum absolute atomic E-state index is 0.405. The third kappa shape index (κ3) is 3.46. The molecule has 2 atom stereocenters. The number of methoxy groups -OCH3 is 1. The number of nitrogens with zero attached hydrogens (tertiary/aromatic N) is 2. The van der Waals surface area contributed by atoms with Gasteiger partial charge < -0.3 is 14.8 Å². The minimum atomic E-state index is -0.767. The number of aromatic nitrogens is 2. The minimum Gasteiger partial charge on any atom is -0.465 e. The smallest absolute Gasteiger partial charge is 0.340 e. The molecule has 2 unspecified atom stereocenters. The SMILES string of the molecule is COC(=O)c1ccnc2cc(C(O)N3CCCC(c4ccccc4)C3)[nH]c12. The number of rotatable bonds is 4. The number of likely N-dealkylation sites (tertiary alicyclic amines) is 1. The molecule has 3 heterocycles. The molecule has 2 aromatic heterocycles. The van der Waals surface area contributed by atoms with E-state index in [1.165, 1.54) is 12.7 Å². The Morgan fingerprint density at radius 3 is 2.93 bits per heavy atom. The third-order valence-corrected chi connectivity index (χ3v) is 5.29. The maximum absolute atomic E-state index is 12.0. The van der Waals surface area contributed by atoms with Crippen LogP contribution in [0.2, 0.25) is 0 Å². The van der Waals surface area contributed by atoms with Gasteiger partial charge in [0.2, 0.25) is 0 Å². The van der Waals surface area contributed by atoms with Gasteiger partial charge in [0.15, 0.2) is 0 Å². The molecular formula is C21H23N3O3. The van der Waals surface area contributed by atoms with Crippen molar-refractivity contribution in [3.8, 4) is 0 Å². The van der Waals surface area contributed by atoms with Crippen LogP contribution in [-0.2, 0) is 4.74 Å². The first-order valence-electron chi connectivity index (χ1n) is 9.20. The monoisotopic (exact) mass is 365 g/mol. The van der Waals surface area contributed by atoms with Crippen molar-refractivity contribution in [1.29, 1.82) is 0 Å². The van der Waals surface area contributed by atoms with Crippen LogP contribution in [0.3, 0.4) is 0 Å². The molecule has 0 spiro atoms. The first-order valence-corrected chi connectivity index (χ1v) is 9.20. The Labute approximate surface area is 157 Å². The van der Waals surface area contributed by atoms with Crippen LogP contribution in [0.1, 0.15) is 46.6 Å². The number of hydrogen-bond donors (Lipinski definition) is 2. The highest BCUT2D eigenvalue weighted by molar-refractivity contribution is 6.01. The molecule has 1 aliphatic heterocycles. The standard InChI is InChI=1S/C21H23N3O3/c1-27-21(26)16-9-10-22-17-12-18(23-19(16)17)20(25)24-11-5-8-15(13-24)14-6-3-2-4-7-14/h2-4,6-7,9-10,12,15,20,23,25H,5,8,11,13H2,1H3. The summed E-state index contributed by atoms with van der Waals surface area (Å²) in [5.41, 5.74) is 3.60. The molecule has 0 saturated carbocycles. The predicted molar refractivity (Wildman–Crippen MR) is 102 cm³/mol. The topological polar surface area (TPSA) is 78.5 Å². The van der Waals surface area contributed by atoms with Crippen LogP contribution in [0.25, 0.3) is 11.0 Å². The number of aliphatic hydroxyl groups excluding tert-OH is 1. The molecule has 27 heavy (non-hydrogen) atoms. The van der Waals surface area contributed by atoms with Gasteiger partial charge in [0.25, 0.3) is 0 Å². The normalized spacial score (nSPS) is 19.1. The number of pyridine rings is 1. The fourth-order valence-corrected chi connectivity index (χ4v) is 3.89. The van der Waals surface area contributed by atoms with Crippen molar-refractivity contribution < 1.29 is 14.6 Å². The number of nitrogens with one attached hydrogen (secondary N) is 1. The van der Waals surface area contributed by atoms with Gasteiger partial charge in [-0.05, 0) is 36.5 Å². The van der Waals surface area contributed by atoms with Gasteiger partial charge in [-0.1, -0.05) is 30.3 Å². The number of piperidine rings is 1. The van der Waals surface area contributed by atoms with Gasteiger partial charge in [-0.25, -0.2) is 4.79 Å². The molecule has 0 radical (unpaired) electrons. The predicted octanol–water partition coefficient (Wildman–Crippen LogP) is 3.22. The van der Waals surface area contributed by atoms with Crippen LogP contribution >= 0.6 is 0 Å². The molecule has 6 nitrogen and oxygen atoms in total. The number of benzene rings is 1. The van der Waals surface area contributed by atoms with Crippen molar-refractivity contribution in [2.45, 2.75) is 25.0 Å². The van der Waals surface area contributed by atoms with Crippen molar-refractivity contribution in [3.63, 3.8) is 0 Å². The lowest BCUT2D eigenvalue weighted by atomic mass is 9.90. The first-order chi connectivity index (χ1) is 13.2. The second-order valence-electron chi connectivity index (χ2n) is 6.95. The number of fused-ring (bicyclic) bond motifs is 1. The van der Waals surface area contributed by atoms with E-state index in [-0.39, 0.29) is 0 Å². The number of H-pyrrole nitrogens is 1. The molecular weight excluding hydrogens is 342 g/mol. The quantitative estimate of drug-likeness (QED) is 0.694. The fraction of sp³-hybridized carbons (Fsp3) is 0.333. The molecule has 1 aromatic carbocycles. The van der Waals surface area contributed by atoms with E-state index in [2.05, 4.69) is 39.1 Å². The Balaban J connectivity index is 1.59. The number of ether oxygens (including phenoxy) is 1. The number of carbonyl (C=O) groups is 1. The number of aliphatic hydroxyl groups is 1. The summed E-state index contributed by atoms with van der Waals surface area (Å²) in [5.74, 6) is -0.0184. The van der Waals surface area contributed by atoms with Gasteiger partial charge in [0.1, 0.15) is 6.23 Å². The van der Waals surface area contributed by atoms with Crippen LogP contribution in [0.5, 0.6) is 0 Å². The van der Waals surface area contributed by atoms with E-state index in [0.717, 1.165) is 25.9 Å². The summed E-state index contributed by atoms with van der Waals surface area (Å²) in [7, 11) is 1.35. The molecule has 0 amide bonds. The Morgan fingerprint density at radius 1 is 1.33 bits per heavy atom. The van der Waals surface area contributed by atoms with Gasteiger partial charge in [0, 0.05) is 19.3 Å². The molecule has 0 bridgehead atoms. The molecule has 1 aliphatic rings. The molecule has 0 aliphatic carbocycles. The van der Waals surface area contributed by atoms with E-state index in [1.807, 2.05) is 6.07 Å². The van der Waals surface area contributed by atoms with Crippen LogP contribution in [0.15, 0.2) is 48.7 Å². The Hall–Kier alpha value is -2.70. The zero-order valence-electron chi connectivity index (χ0n) is 15.3. The molecule has 6 heteroatoms. The van der Waals surface area contributed by atoms with Crippen LogP contribution in [-0.4, -0.2) is 46.1 Å². The van der Waals surface area contributed by atoms with Crippen molar-refractivity contribution in [2.75, 3.05) is 20.2 Å². The highest BCUT2D eigenvalue weighted by Gasteiger charge is 2.28. The van der Waals surface area contributed by atoms with Gasteiger partial charge in [-0.15, -0.1) is 0 Å². The summed E-state index contributed by atoms with van der Waals surface area (Å²) < 4.78 is 4.83. The van der Waals surface area contributed by atoms with Crippen molar-refractivity contribution in [1.82, 2.24) is 14.9 Å².